The van der Waals surface area contributed by atoms with Crippen molar-refractivity contribution in [3.8, 4) is 0 Å². The molecule has 2 aromatic rings. The number of carboxylic acid groups (broad SMARTS) is 1. The predicted molar refractivity (Wildman–Crippen MR) is 275 cm³/mol. The number of hydrogen-bond acceptors (Lipinski definition) is 26. The van der Waals surface area contributed by atoms with Gasteiger partial charge in [0.25, 0.3) is 0 Å². The fraction of sp³-hybridized carbons (Fsp3) is 0.776. The summed E-state index contributed by atoms with van der Waals surface area (Å²) in [5.41, 5.74) is -2.42. The van der Waals surface area contributed by atoms with E-state index in [0.717, 1.165) is 12.4 Å². The molecule has 0 unspecified atom stereocenters. The maximum atomic E-state index is 12.9. The van der Waals surface area contributed by atoms with Crippen LogP contribution in [0.25, 0.3) is 0 Å². The molecule has 2 aliphatic heterocycles. The molecule has 35 heteroatoms. The third kappa shape index (κ3) is 29.9. The van der Waals surface area contributed by atoms with Crippen LogP contribution in [0.2, 0.25) is 0 Å². The number of aliphatic hydroxyl groups is 4. The number of nitrogens with one attached hydrogen (secondary N) is 5. The highest BCUT2D eigenvalue weighted by Crippen LogP contribution is 2.29. The number of halogens is 6. The van der Waals surface area contributed by atoms with Crippen LogP contribution in [-0.2, 0) is 83.6 Å². The first-order valence-electron chi connectivity index (χ1n) is 26.8. The number of amides is 2. The van der Waals surface area contributed by atoms with E-state index in [1.807, 2.05) is 0 Å². The monoisotopic (exact) mass is 1230 g/mol. The SMILES string of the molecule is O=C(O)CNC(COCCC(=O)NCCOCCOCCOCCOC[C@H]1OC[C@H](Nc2cncc(C(F)(F)F)n2)[C@@H](O)[C@H]1O)COCCC(=O)NCCOCCOCCOCCOC[C@H]1OC[C@H](Nc2cncc(C(F)(F)F)n2)[C@@H](O)[C@H]1O. The molecule has 8 atom stereocenters. The lowest BCUT2D eigenvalue weighted by atomic mass is 9.98. The number of aliphatic carboxylic acids is 1. The van der Waals surface area contributed by atoms with Crippen molar-refractivity contribution >= 4 is 29.4 Å². The van der Waals surface area contributed by atoms with E-state index in [9.17, 15) is 61.2 Å². The van der Waals surface area contributed by atoms with E-state index >= 15 is 0 Å². The molecule has 0 saturated carbocycles. The summed E-state index contributed by atoms with van der Waals surface area (Å²) in [6, 6.07) is -2.42. The van der Waals surface area contributed by atoms with Crippen LogP contribution < -0.4 is 26.6 Å². The largest absolute Gasteiger partial charge is 0.480 e. The highest BCUT2D eigenvalue weighted by Gasteiger charge is 2.41. The second-order valence-corrected chi connectivity index (χ2v) is 18.4. The molecule has 2 fully saturated rings. The molecular weight excluding hydrogens is 1150 g/mol. The maximum Gasteiger partial charge on any atom is 0.434 e. The molecule has 0 radical (unpaired) electrons. The molecule has 2 aliphatic rings. The Hall–Kier alpha value is -4.93. The van der Waals surface area contributed by atoms with Gasteiger partial charge in [0.15, 0.2) is 11.4 Å². The van der Waals surface area contributed by atoms with E-state index in [-0.39, 0.29) is 201 Å². The first-order chi connectivity index (χ1) is 40.3. The number of hydrogen-bond donors (Lipinski definition) is 10. The summed E-state index contributed by atoms with van der Waals surface area (Å²) < 4.78 is 143. The number of anilines is 2. The van der Waals surface area contributed by atoms with Gasteiger partial charge in [0.1, 0.15) is 48.3 Å². The van der Waals surface area contributed by atoms with Crippen molar-refractivity contribution in [2.45, 2.75) is 79.9 Å². The van der Waals surface area contributed by atoms with Crippen LogP contribution in [-0.4, -0.2) is 283 Å². The third-order valence-electron chi connectivity index (χ3n) is 11.8. The Balaban J connectivity index is 0.870. The fourth-order valence-electron chi connectivity index (χ4n) is 7.44. The fourth-order valence-corrected chi connectivity index (χ4v) is 7.44. The minimum Gasteiger partial charge on any atom is -0.480 e. The van der Waals surface area contributed by atoms with Gasteiger partial charge in [-0.3, -0.25) is 29.7 Å². The van der Waals surface area contributed by atoms with Crippen molar-refractivity contribution in [2.24, 2.45) is 0 Å². The van der Waals surface area contributed by atoms with Crippen LogP contribution in [0, 0.1) is 0 Å². The number of carbonyl (C=O) groups excluding carboxylic acids is 2. The molecule has 2 saturated heterocycles. The summed E-state index contributed by atoms with van der Waals surface area (Å²) in [4.78, 5) is 49.5. The lowest BCUT2D eigenvalue weighted by Crippen LogP contribution is -2.57. The second kappa shape index (κ2) is 40.5. The smallest absolute Gasteiger partial charge is 0.434 e. The quantitative estimate of drug-likeness (QED) is 0.0254. The van der Waals surface area contributed by atoms with Gasteiger partial charge in [-0.05, 0) is 0 Å². The van der Waals surface area contributed by atoms with E-state index in [2.05, 4.69) is 46.5 Å². The van der Waals surface area contributed by atoms with Gasteiger partial charge in [-0.25, -0.2) is 9.97 Å². The lowest BCUT2D eigenvalue weighted by molar-refractivity contribution is -0.161. The van der Waals surface area contributed by atoms with E-state index in [4.69, 9.17) is 61.9 Å². The Labute approximate surface area is 479 Å². The molecule has 4 heterocycles. The normalized spacial score (nSPS) is 21.1. The van der Waals surface area contributed by atoms with E-state index < -0.39 is 84.5 Å². The summed E-state index contributed by atoms with van der Waals surface area (Å²) in [5, 5.41) is 64.4. The van der Waals surface area contributed by atoms with Crippen LogP contribution in [0.3, 0.4) is 0 Å². The number of carbonyl (C=O) groups is 3. The van der Waals surface area contributed by atoms with Crippen molar-refractivity contribution in [3.63, 3.8) is 0 Å². The number of aliphatic hydroxyl groups excluding tert-OH is 4. The molecule has 0 aliphatic carbocycles. The zero-order valence-corrected chi connectivity index (χ0v) is 46.0. The average molecular weight is 1230 g/mol. The van der Waals surface area contributed by atoms with Crippen LogP contribution in [0.15, 0.2) is 24.8 Å². The van der Waals surface area contributed by atoms with Gasteiger partial charge in [0, 0.05) is 25.9 Å². The molecule has 0 aromatic carbocycles. The van der Waals surface area contributed by atoms with Crippen molar-refractivity contribution in [1.29, 1.82) is 0 Å². The summed E-state index contributed by atoms with van der Waals surface area (Å²) in [6.45, 7) is 3.19. The molecular formula is C49H77F6N9O20. The Morgan fingerprint density at radius 1 is 0.512 bits per heavy atom. The van der Waals surface area contributed by atoms with Crippen molar-refractivity contribution in [1.82, 2.24) is 35.9 Å². The molecule has 0 bridgehead atoms. The minimum absolute atomic E-state index is 0.0390. The molecule has 0 spiro atoms. The molecule has 10 N–H and O–H groups in total. The zero-order chi connectivity index (χ0) is 61.0. The van der Waals surface area contributed by atoms with E-state index in [1.165, 1.54) is 0 Å². The Morgan fingerprint density at radius 3 is 1.23 bits per heavy atom. The Morgan fingerprint density at radius 2 is 0.869 bits per heavy atom. The van der Waals surface area contributed by atoms with Crippen molar-refractivity contribution in [2.75, 3.05) is 176 Å². The first kappa shape index (κ1) is 71.6. The highest BCUT2D eigenvalue weighted by molar-refractivity contribution is 5.76. The van der Waals surface area contributed by atoms with Crippen LogP contribution in [0.5, 0.6) is 0 Å². The van der Waals surface area contributed by atoms with Gasteiger partial charge in [-0.1, -0.05) is 0 Å². The van der Waals surface area contributed by atoms with Gasteiger partial charge in [-0.2, -0.15) is 26.3 Å². The van der Waals surface area contributed by atoms with Crippen LogP contribution in [0.4, 0.5) is 38.0 Å². The van der Waals surface area contributed by atoms with Gasteiger partial charge >= 0.3 is 18.3 Å². The third-order valence-corrected chi connectivity index (χ3v) is 11.8. The summed E-state index contributed by atoms with van der Waals surface area (Å²) in [7, 11) is 0. The van der Waals surface area contributed by atoms with Crippen molar-refractivity contribution < 1.29 is 123 Å². The van der Waals surface area contributed by atoms with Gasteiger partial charge in [-0.15, -0.1) is 0 Å². The average Bonchev–Trinajstić information content (AvgIpc) is 3.61. The van der Waals surface area contributed by atoms with Gasteiger partial charge in [0.05, 0.1) is 195 Å². The Kier molecular flexibility index (Phi) is 34.5. The topological polar surface area (TPSA) is 375 Å². The highest BCUT2D eigenvalue weighted by atomic mass is 19.4. The maximum absolute atomic E-state index is 12.9. The number of nitrogens with zero attached hydrogens (tertiary/aromatic N) is 4. The first-order valence-corrected chi connectivity index (χ1v) is 26.8. The van der Waals surface area contributed by atoms with E-state index in [0.29, 0.717) is 12.4 Å². The predicted octanol–water partition coefficient (Wildman–Crippen LogP) is -1.97. The summed E-state index contributed by atoms with van der Waals surface area (Å²) >= 11 is 0. The minimum atomic E-state index is -4.70. The molecule has 2 amide bonds. The number of carboxylic acids is 1. The second-order valence-electron chi connectivity index (χ2n) is 18.4. The van der Waals surface area contributed by atoms with Crippen molar-refractivity contribution in [3.05, 3.63) is 36.2 Å². The summed E-state index contributed by atoms with van der Waals surface area (Å²) in [6.07, 6.45) is -13.4. The molecule has 480 valence electrons. The molecule has 84 heavy (non-hydrogen) atoms. The Bertz CT molecular complexity index is 2010. The van der Waals surface area contributed by atoms with Crippen LogP contribution in [0.1, 0.15) is 24.2 Å². The number of aromatic nitrogens is 4. The standard InChI is InChI=1S/C49H77F6N9O20/c50-48(51,52)37-21-56-23-39(63-37)61-33-28-83-35(46(71)44(33)69)30-81-19-17-77-15-13-75-11-9-73-7-3-58-41(65)1-5-79-26-32(60-25-43(67)68)27-80-6-2-42(66)59-4-8-74-10-12-76-14-16-78-18-20-82-31-36-47(72)45(70)34(29-84-36)62-40-24-57-22-38(64-40)49(53,54)55/h21-24,32-36,44-47,60,69-72H,1-20,25-31H2,(H,58,65)(H,59,66)(H,61,63)(H,62,64)(H,67,68)/t33-,34-,35+,36+,44+,45+,46-,47-/m0/s1. The van der Waals surface area contributed by atoms with Crippen LogP contribution >= 0.6 is 0 Å². The van der Waals surface area contributed by atoms with Gasteiger partial charge < -0.3 is 104 Å². The number of ether oxygens (including phenoxy) is 12. The van der Waals surface area contributed by atoms with E-state index in [1.54, 1.807) is 0 Å². The van der Waals surface area contributed by atoms with Gasteiger partial charge in [0.2, 0.25) is 11.8 Å². The summed E-state index contributed by atoms with van der Waals surface area (Å²) in [5.74, 6) is -2.13. The molecule has 29 nitrogen and oxygen atoms in total. The molecule has 2 aromatic heterocycles. The molecule has 4 rings (SSSR count). The lowest BCUT2D eigenvalue weighted by Gasteiger charge is -2.38. The number of alkyl halides is 6. The number of rotatable bonds is 45. The zero-order valence-electron chi connectivity index (χ0n) is 46.0.